The van der Waals surface area contributed by atoms with Crippen molar-refractivity contribution in [3.63, 3.8) is 0 Å². The predicted molar refractivity (Wildman–Crippen MR) is 63.2 cm³/mol. The summed E-state index contributed by atoms with van der Waals surface area (Å²) >= 11 is 5.21. The highest BCUT2D eigenvalue weighted by Crippen LogP contribution is 2.68. The van der Waals surface area contributed by atoms with Gasteiger partial charge in [-0.3, -0.25) is 5.10 Å². The summed E-state index contributed by atoms with van der Waals surface area (Å²) in [6, 6.07) is 0. The molecule has 0 unspecified atom stereocenters. The molecule has 1 aliphatic carbocycles. The number of hydrogen-bond acceptors (Lipinski definition) is 2. The van der Waals surface area contributed by atoms with E-state index in [2.05, 4.69) is 42.5 Å². The van der Waals surface area contributed by atoms with Crippen molar-refractivity contribution >= 4 is 12.2 Å². The molecule has 1 N–H and O–H groups in total. The first kappa shape index (κ1) is 10.9. The highest BCUT2D eigenvalue weighted by Gasteiger charge is 2.64. The maximum Gasteiger partial charge on any atom is 0.195 e. The third kappa shape index (κ3) is 1.38. The van der Waals surface area contributed by atoms with Crippen LogP contribution >= 0.6 is 12.2 Å². The number of nitrogens with one attached hydrogen (secondary N) is 1. The molecule has 1 aromatic heterocycles. The van der Waals surface area contributed by atoms with Crippen LogP contribution in [0.15, 0.2) is 0 Å². The van der Waals surface area contributed by atoms with Crippen LogP contribution in [0.25, 0.3) is 0 Å². The summed E-state index contributed by atoms with van der Waals surface area (Å²) in [5.74, 6) is 1.67. The lowest BCUT2D eigenvalue weighted by molar-refractivity contribution is 0.457. The van der Waals surface area contributed by atoms with E-state index in [9.17, 15) is 0 Å². The first-order valence-electron chi connectivity index (χ1n) is 5.40. The molecule has 0 amide bonds. The predicted octanol–water partition coefficient (Wildman–Crippen LogP) is 2.93. The normalized spacial score (nSPS) is 23.0. The molecular formula is C11H19N3S. The average molecular weight is 225 g/mol. The van der Waals surface area contributed by atoms with Crippen LogP contribution in [-0.2, 0) is 6.54 Å². The smallest absolute Gasteiger partial charge is 0.195 e. The Kier molecular flexibility index (Phi) is 2.13. The number of rotatable bonds is 2. The zero-order valence-corrected chi connectivity index (χ0v) is 10.9. The molecule has 0 aromatic carbocycles. The standard InChI is InChI=1S/C11H19N3S/c1-7-12-13-9(15)14(7)6-8-10(2,3)11(8,4)5/h8H,6H2,1-5H3,(H,13,15). The van der Waals surface area contributed by atoms with Gasteiger partial charge >= 0.3 is 0 Å². The molecular weight excluding hydrogens is 206 g/mol. The Morgan fingerprint density at radius 1 is 1.33 bits per heavy atom. The van der Waals surface area contributed by atoms with Gasteiger partial charge in [-0.25, -0.2) is 0 Å². The molecule has 0 aliphatic heterocycles. The summed E-state index contributed by atoms with van der Waals surface area (Å²) in [4.78, 5) is 0. The summed E-state index contributed by atoms with van der Waals surface area (Å²) in [5, 5.41) is 6.98. The molecule has 1 aliphatic rings. The largest absolute Gasteiger partial charge is 0.304 e. The zero-order chi connectivity index (χ0) is 11.4. The Hall–Kier alpha value is -0.640. The topological polar surface area (TPSA) is 33.6 Å². The van der Waals surface area contributed by atoms with Gasteiger partial charge in [-0.15, -0.1) is 0 Å². The second kappa shape index (κ2) is 2.94. The lowest BCUT2D eigenvalue weighted by Crippen LogP contribution is -2.06. The molecule has 1 aromatic rings. The maximum atomic E-state index is 5.21. The fraction of sp³-hybridized carbons (Fsp3) is 0.818. The zero-order valence-electron chi connectivity index (χ0n) is 10.1. The van der Waals surface area contributed by atoms with Crippen LogP contribution in [0.5, 0.6) is 0 Å². The summed E-state index contributed by atoms with van der Waals surface area (Å²) in [6.45, 7) is 12.3. The van der Waals surface area contributed by atoms with Crippen LogP contribution in [0, 0.1) is 28.4 Å². The van der Waals surface area contributed by atoms with Crippen LogP contribution in [0.2, 0.25) is 0 Å². The van der Waals surface area contributed by atoms with Crippen molar-refractivity contribution in [3.8, 4) is 0 Å². The minimum atomic E-state index is 0.408. The quantitative estimate of drug-likeness (QED) is 0.785. The average Bonchev–Trinajstić information content (AvgIpc) is 2.41. The van der Waals surface area contributed by atoms with E-state index in [0.29, 0.717) is 16.7 Å². The van der Waals surface area contributed by atoms with Crippen LogP contribution in [0.3, 0.4) is 0 Å². The van der Waals surface area contributed by atoms with E-state index in [-0.39, 0.29) is 0 Å². The van der Waals surface area contributed by atoms with Gasteiger partial charge in [0.05, 0.1) is 0 Å². The Labute approximate surface area is 95.9 Å². The number of H-pyrrole nitrogens is 1. The molecule has 15 heavy (non-hydrogen) atoms. The lowest BCUT2D eigenvalue weighted by atomic mass is 10.0. The molecule has 1 saturated carbocycles. The van der Waals surface area contributed by atoms with Crippen molar-refractivity contribution in [3.05, 3.63) is 10.6 Å². The summed E-state index contributed by atoms with van der Waals surface area (Å²) < 4.78 is 2.85. The molecule has 1 fully saturated rings. The van der Waals surface area contributed by atoms with Crippen molar-refractivity contribution in [2.75, 3.05) is 0 Å². The number of aryl methyl sites for hydroxylation is 1. The Balaban J connectivity index is 2.23. The van der Waals surface area contributed by atoms with Gasteiger partial charge < -0.3 is 4.57 Å². The number of aromatic amines is 1. The SMILES string of the molecule is Cc1n[nH]c(=S)n1CC1C(C)(C)C1(C)C. The van der Waals surface area contributed by atoms with Crippen molar-refractivity contribution in [1.29, 1.82) is 0 Å². The molecule has 84 valence electrons. The fourth-order valence-corrected chi connectivity index (χ4v) is 2.84. The van der Waals surface area contributed by atoms with E-state index in [4.69, 9.17) is 12.2 Å². The second-order valence-corrected chi connectivity index (χ2v) is 6.07. The van der Waals surface area contributed by atoms with Gasteiger partial charge in [-0.1, -0.05) is 27.7 Å². The second-order valence-electron chi connectivity index (χ2n) is 5.68. The molecule has 0 spiro atoms. The van der Waals surface area contributed by atoms with Gasteiger partial charge in [-0.2, -0.15) is 5.10 Å². The molecule has 0 atom stereocenters. The van der Waals surface area contributed by atoms with E-state index in [0.717, 1.165) is 17.1 Å². The highest BCUT2D eigenvalue weighted by molar-refractivity contribution is 7.71. The maximum absolute atomic E-state index is 5.21. The van der Waals surface area contributed by atoms with Gasteiger partial charge in [-0.05, 0) is 35.9 Å². The fourth-order valence-electron chi connectivity index (χ4n) is 2.58. The molecule has 0 radical (unpaired) electrons. The van der Waals surface area contributed by atoms with Crippen LogP contribution in [0.4, 0.5) is 0 Å². The van der Waals surface area contributed by atoms with Gasteiger partial charge in [0.15, 0.2) is 4.77 Å². The molecule has 0 bridgehead atoms. The van der Waals surface area contributed by atoms with Gasteiger partial charge in [0.1, 0.15) is 5.82 Å². The third-order valence-corrected chi connectivity index (χ3v) is 4.95. The van der Waals surface area contributed by atoms with Gasteiger partial charge in [0.25, 0.3) is 0 Å². The monoisotopic (exact) mass is 225 g/mol. The van der Waals surface area contributed by atoms with Gasteiger partial charge in [0, 0.05) is 6.54 Å². The summed E-state index contributed by atoms with van der Waals surface area (Å²) in [6.07, 6.45) is 0. The number of aromatic nitrogens is 3. The first-order valence-corrected chi connectivity index (χ1v) is 5.81. The van der Waals surface area contributed by atoms with E-state index < -0.39 is 0 Å². The van der Waals surface area contributed by atoms with E-state index in [1.165, 1.54) is 0 Å². The molecule has 2 rings (SSSR count). The Bertz CT molecular complexity index is 425. The van der Waals surface area contributed by atoms with E-state index in [1.807, 2.05) is 6.92 Å². The van der Waals surface area contributed by atoms with Crippen molar-refractivity contribution in [2.24, 2.45) is 16.7 Å². The summed E-state index contributed by atoms with van der Waals surface area (Å²) in [5.41, 5.74) is 0.816. The van der Waals surface area contributed by atoms with Crippen molar-refractivity contribution in [1.82, 2.24) is 14.8 Å². The Morgan fingerprint density at radius 3 is 2.20 bits per heavy atom. The minimum absolute atomic E-state index is 0.408. The molecule has 3 nitrogen and oxygen atoms in total. The van der Waals surface area contributed by atoms with Crippen molar-refractivity contribution in [2.45, 2.75) is 41.2 Å². The van der Waals surface area contributed by atoms with E-state index in [1.54, 1.807) is 0 Å². The van der Waals surface area contributed by atoms with Crippen LogP contribution in [-0.4, -0.2) is 14.8 Å². The van der Waals surface area contributed by atoms with Crippen molar-refractivity contribution < 1.29 is 0 Å². The van der Waals surface area contributed by atoms with E-state index >= 15 is 0 Å². The molecule has 4 heteroatoms. The minimum Gasteiger partial charge on any atom is -0.304 e. The summed E-state index contributed by atoms with van der Waals surface area (Å²) in [7, 11) is 0. The van der Waals surface area contributed by atoms with Crippen LogP contribution < -0.4 is 0 Å². The third-order valence-electron chi connectivity index (χ3n) is 4.63. The molecule has 1 heterocycles. The Morgan fingerprint density at radius 2 is 1.87 bits per heavy atom. The highest BCUT2D eigenvalue weighted by atomic mass is 32.1. The molecule has 0 saturated heterocycles. The first-order chi connectivity index (χ1) is 6.78. The number of nitrogens with zero attached hydrogens (tertiary/aromatic N) is 2. The number of hydrogen-bond donors (Lipinski definition) is 1. The van der Waals surface area contributed by atoms with Crippen LogP contribution in [0.1, 0.15) is 33.5 Å². The lowest BCUT2D eigenvalue weighted by Gasteiger charge is -2.05. The van der Waals surface area contributed by atoms with Gasteiger partial charge in [0.2, 0.25) is 0 Å².